The summed E-state index contributed by atoms with van der Waals surface area (Å²) in [5.41, 5.74) is 3.55. The molecule has 6 nitrogen and oxygen atoms in total. The molecule has 1 aromatic heterocycles. The van der Waals surface area contributed by atoms with Crippen molar-refractivity contribution in [3.63, 3.8) is 0 Å². The lowest BCUT2D eigenvalue weighted by Gasteiger charge is -2.23. The first kappa shape index (κ1) is 23.3. The summed E-state index contributed by atoms with van der Waals surface area (Å²) >= 11 is 1.30. The monoisotopic (exact) mass is 470 g/mol. The number of hydrogen-bond donors (Lipinski definition) is 2. The Balaban J connectivity index is 1.45. The highest BCUT2D eigenvalue weighted by molar-refractivity contribution is 7.18. The fourth-order valence-electron chi connectivity index (χ4n) is 3.53. The van der Waals surface area contributed by atoms with Gasteiger partial charge >= 0.3 is 0 Å². The number of amides is 2. The largest absolute Gasteiger partial charge is 0.340 e. The van der Waals surface area contributed by atoms with Crippen molar-refractivity contribution < 1.29 is 9.59 Å². The molecule has 1 heterocycles. The van der Waals surface area contributed by atoms with Crippen LogP contribution in [0.15, 0.2) is 84.9 Å². The van der Waals surface area contributed by atoms with Crippen LogP contribution in [0.2, 0.25) is 0 Å². The van der Waals surface area contributed by atoms with Crippen LogP contribution in [0.4, 0.5) is 5.13 Å². The van der Waals surface area contributed by atoms with Crippen LogP contribution in [0.25, 0.3) is 21.7 Å². The topological polar surface area (TPSA) is 84.0 Å². The van der Waals surface area contributed by atoms with Crippen LogP contribution in [-0.2, 0) is 4.79 Å². The molecule has 0 unspecified atom stereocenters. The molecule has 0 bridgehead atoms. The summed E-state index contributed by atoms with van der Waals surface area (Å²) in [4.78, 5) is 26.0. The number of carbonyl (C=O) groups is 2. The summed E-state index contributed by atoms with van der Waals surface area (Å²) in [6.45, 7) is 3.93. The van der Waals surface area contributed by atoms with Crippen LogP contribution in [0.3, 0.4) is 0 Å². The minimum atomic E-state index is -0.699. The van der Waals surface area contributed by atoms with Crippen molar-refractivity contribution in [1.82, 2.24) is 15.5 Å². The molecular weight excluding hydrogens is 444 g/mol. The molecule has 0 spiro atoms. The Bertz CT molecular complexity index is 1240. The maximum Gasteiger partial charge on any atom is 0.251 e. The van der Waals surface area contributed by atoms with Gasteiger partial charge in [-0.25, -0.2) is 0 Å². The molecule has 4 rings (SSSR count). The highest BCUT2D eigenvalue weighted by atomic mass is 32.1. The van der Waals surface area contributed by atoms with Gasteiger partial charge in [0.15, 0.2) is 0 Å². The third kappa shape index (κ3) is 5.55. The predicted octanol–water partition coefficient (Wildman–Crippen LogP) is 5.66. The van der Waals surface area contributed by atoms with Crippen LogP contribution < -0.4 is 10.6 Å². The lowest BCUT2D eigenvalue weighted by atomic mass is 9.97. The van der Waals surface area contributed by atoms with Gasteiger partial charge in [-0.2, -0.15) is 0 Å². The Hall–Kier alpha value is -3.84. The van der Waals surface area contributed by atoms with Gasteiger partial charge in [-0.05, 0) is 29.2 Å². The van der Waals surface area contributed by atoms with E-state index in [2.05, 4.69) is 20.8 Å². The van der Waals surface area contributed by atoms with Crippen LogP contribution >= 0.6 is 11.3 Å². The lowest BCUT2D eigenvalue weighted by molar-refractivity contribution is -0.119. The first-order chi connectivity index (χ1) is 16.5. The molecule has 0 aliphatic carbocycles. The van der Waals surface area contributed by atoms with Crippen LogP contribution in [0.5, 0.6) is 0 Å². The molecule has 0 saturated heterocycles. The summed E-state index contributed by atoms with van der Waals surface area (Å²) in [6, 6.07) is 26.3. The highest BCUT2D eigenvalue weighted by Crippen LogP contribution is 2.26. The first-order valence-electron chi connectivity index (χ1n) is 11.2. The molecule has 7 heteroatoms. The molecule has 0 radical (unpaired) electrons. The number of rotatable bonds is 8. The Morgan fingerprint density at radius 3 is 2.03 bits per heavy atom. The summed E-state index contributed by atoms with van der Waals surface area (Å²) < 4.78 is 0. The number of benzene rings is 3. The van der Waals surface area contributed by atoms with Gasteiger partial charge < -0.3 is 5.32 Å². The van der Waals surface area contributed by atoms with E-state index < -0.39 is 6.04 Å². The molecule has 0 aliphatic heterocycles. The molecule has 0 fully saturated rings. The molecule has 172 valence electrons. The Morgan fingerprint density at radius 2 is 1.41 bits per heavy atom. The van der Waals surface area contributed by atoms with E-state index in [0.717, 1.165) is 28.1 Å². The van der Waals surface area contributed by atoms with Crippen molar-refractivity contribution in [1.29, 1.82) is 0 Å². The van der Waals surface area contributed by atoms with E-state index in [9.17, 15) is 9.59 Å². The number of carbonyl (C=O) groups excluding carboxylic acids is 2. The van der Waals surface area contributed by atoms with Crippen molar-refractivity contribution in [2.75, 3.05) is 5.32 Å². The van der Waals surface area contributed by atoms with Gasteiger partial charge in [0.25, 0.3) is 5.91 Å². The average molecular weight is 471 g/mol. The Kier molecular flexibility index (Phi) is 7.44. The number of anilines is 1. The standard InChI is InChI=1S/C27H26N4O2S/c1-3-18(2)23(25(33)29-27-31-30-26(34-27)22-12-8-5-9-13-22)28-24(32)21-16-14-20(15-17-21)19-10-6-4-7-11-19/h4-18,23H,3H2,1-2H3,(H,28,32)(H,29,31,33)/t18-,23+/m0/s1. The van der Waals surface area contributed by atoms with Gasteiger partial charge in [-0.3, -0.25) is 14.9 Å². The highest BCUT2D eigenvalue weighted by Gasteiger charge is 2.27. The van der Waals surface area contributed by atoms with Crippen molar-refractivity contribution in [2.45, 2.75) is 26.3 Å². The third-order valence-electron chi connectivity index (χ3n) is 5.71. The minimum absolute atomic E-state index is 0.0611. The van der Waals surface area contributed by atoms with Gasteiger partial charge in [0.05, 0.1) is 0 Å². The zero-order valence-corrected chi connectivity index (χ0v) is 19.9. The third-order valence-corrected chi connectivity index (χ3v) is 6.60. The van der Waals surface area contributed by atoms with Gasteiger partial charge in [-0.15, -0.1) is 10.2 Å². The maximum absolute atomic E-state index is 13.1. The number of nitrogens with zero attached hydrogens (tertiary/aromatic N) is 2. The lowest BCUT2D eigenvalue weighted by Crippen LogP contribution is -2.47. The maximum atomic E-state index is 13.1. The molecule has 2 N–H and O–H groups in total. The van der Waals surface area contributed by atoms with Crippen molar-refractivity contribution in [3.05, 3.63) is 90.5 Å². The van der Waals surface area contributed by atoms with Crippen LogP contribution in [0.1, 0.15) is 30.6 Å². The van der Waals surface area contributed by atoms with E-state index in [1.807, 2.05) is 86.6 Å². The molecule has 3 aromatic carbocycles. The quantitative estimate of drug-likeness (QED) is 0.348. The zero-order valence-electron chi connectivity index (χ0n) is 19.1. The Morgan fingerprint density at radius 1 is 0.824 bits per heavy atom. The molecular formula is C27H26N4O2S. The molecule has 34 heavy (non-hydrogen) atoms. The summed E-state index contributed by atoms with van der Waals surface area (Å²) in [5, 5.41) is 15.1. The smallest absolute Gasteiger partial charge is 0.251 e. The summed E-state index contributed by atoms with van der Waals surface area (Å²) in [7, 11) is 0. The van der Waals surface area contributed by atoms with E-state index in [4.69, 9.17) is 0 Å². The minimum Gasteiger partial charge on any atom is -0.340 e. The van der Waals surface area contributed by atoms with E-state index >= 15 is 0 Å². The fraction of sp³-hybridized carbons (Fsp3) is 0.185. The molecule has 2 atom stereocenters. The first-order valence-corrected chi connectivity index (χ1v) is 12.0. The van der Waals surface area contributed by atoms with E-state index in [-0.39, 0.29) is 17.7 Å². The van der Waals surface area contributed by atoms with Gasteiger partial charge in [-0.1, -0.05) is 104 Å². The van der Waals surface area contributed by atoms with Crippen LogP contribution in [0, 0.1) is 5.92 Å². The molecule has 0 saturated carbocycles. The van der Waals surface area contributed by atoms with E-state index in [1.54, 1.807) is 12.1 Å². The number of hydrogen-bond acceptors (Lipinski definition) is 5. The van der Waals surface area contributed by atoms with E-state index in [0.29, 0.717) is 10.7 Å². The fourth-order valence-corrected chi connectivity index (χ4v) is 4.28. The second-order valence-corrected chi connectivity index (χ2v) is 9.03. The van der Waals surface area contributed by atoms with E-state index in [1.165, 1.54) is 11.3 Å². The normalized spacial score (nSPS) is 12.5. The van der Waals surface area contributed by atoms with Crippen molar-refractivity contribution >= 4 is 28.3 Å². The number of aromatic nitrogens is 2. The van der Waals surface area contributed by atoms with Gasteiger partial charge in [0, 0.05) is 11.1 Å². The van der Waals surface area contributed by atoms with Crippen molar-refractivity contribution in [3.8, 4) is 21.7 Å². The number of nitrogens with one attached hydrogen (secondary N) is 2. The molecule has 2 amide bonds. The SMILES string of the molecule is CC[C@H](C)[C@@H](NC(=O)c1ccc(-c2ccccc2)cc1)C(=O)Nc1nnc(-c2ccccc2)s1. The second-order valence-electron chi connectivity index (χ2n) is 8.05. The average Bonchev–Trinajstić information content (AvgIpc) is 3.36. The van der Waals surface area contributed by atoms with Crippen LogP contribution in [-0.4, -0.2) is 28.1 Å². The molecule has 4 aromatic rings. The Labute approximate surface area is 203 Å². The van der Waals surface area contributed by atoms with Crippen molar-refractivity contribution in [2.24, 2.45) is 5.92 Å². The predicted molar refractivity (Wildman–Crippen MR) is 137 cm³/mol. The second kappa shape index (κ2) is 10.9. The summed E-state index contributed by atoms with van der Waals surface area (Å²) in [5.74, 6) is -0.657. The van der Waals surface area contributed by atoms with Gasteiger partial charge in [0.2, 0.25) is 11.0 Å². The zero-order chi connectivity index (χ0) is 23.9. The summed E-state index contributed by atoms with van der Waals surface area (Å²) in [6.07, 6.45) is 0.733. The van der Waals surface area contributed by atoms with Gasteiger partial charge in [0.1, 0.15) is 11.0 Å². The molecule has 0 aliphatic rings.